The second kappa shape index (κ2) is 6.55. The summed E-state index contributed by atoms with van der Waals surface area (Å²) in [5, 5.41) is 0.645. The molecule has 0 unspecified atom stereocenters. The highest BCUT2D eigenvalue weighted by molar-refractivity contribution is 6.30. The molecule has 0 atom stereocenters. The van der Waals surface area contributed by atoms with Crippen LogP contribution in [0, 0.1) is 0 Å². The summed E-state index contributed by atoms with van der Waals surface area (Å²) < 4.78 is 0. The van der Waals surface area contributed by atoms with Crippen LogP contribution in [-0.2, 0) is 6.42 Å². The molecule has 0 aliphatic carbocycles. The van der Waals surface area contributed by atoms with Crippen LogP contribution in [0.15, 0.2) is 28.5 Å². The van der Waals surface area contributed by atoms with Crippen LogP contribution in [0.4, 0.5) is 5.82 Å². The van der Waals surface area contributed by atoms with Gasteiger partial charge >= 0.3 is 0 Å². The van der Waals surface area contributed by atoms with E-state index in [-0.39, 0.29) is 0 Å². The van der Waals surface area contributed by atoms with E-state index in [2.05, 4.69) is 28.7 Å². The third-order valence-electron chi connectivity index (χ3n) is 2.64. The predicted molar refractivity (Wildman–Crippen MR) is 78.8 cm³/mol. The van der Waals surface area contributed by atoms with E-state index in [1.807, 2.05) is 27.1 Å². The largest absolute Gasteiger partial charge is 0.381 e. The van der Waals surface area contributed by atoms with E-state index >= 15 is 0 Å². The molecule has 0 N–H and O–H groups in total. The van der Waals surface area contributed by atoms with Gasteiger partial charge in [-0.3, -0.25) is 0 Å². The monoisotopic (exact) mass is 265 g/mol. The number of halogens is 1. The minimum atomic E-state index is 0.645. The van der Waals surface area contributed by atoms with Gasteiger partial charge in [-0.1, -0.05) is 17.2 Å². The fourth-order valence-corrected chi connectivity index (χ4v) is 1.99. The molecule has 0 spiro atoms. The molecule has 0 aliphatic heterocycles. The van der Waals surface area contributed by atoms with Gasteiger partial charge in [0.05, 0.1) is 5.02 Å². The van der Waals surface area contributed by atoms with Crippen LogP contribution >= 0.6 is 11.6 Å². The molecule has 0 aromatic carbocycles. The lowest BCUT2D eigenvalue weighted by Gasteiger charge is -2.20. The zero-order chi connectivity index (χ0) is 13.7. The molecule has 0 amide bonds. The Bertz CT molecular complexity index is 472. The topological polar surface area (TPSA) is 28.5 Å². The van der Waals surface area contributed by atoms with Gasteiger partial charge in [0.15, 0.2) is 5.82 Å². The van der Waals surface area contributed by atoms with Crippen molar-refractivity contribution in [1.82, 2.24) is 9.88 Å². The fraction of sp³-hybridized carbons (Fsp3) is 0.429. The molecule has 1 rings (SSSR count). The average molecular weight is 266 g/mol. The maximum absolute atomic E-state index is 6.02. The first-order valence-corrected chi connectivity index (χ1v) is 6.30. The van der Waals surface area contributed by atoms with Crippen LogP contribution in [0.3, 0.4) is 0 Å². The summed E-state index contributed by atoms with van der Waals surface area (Å²) in [5.41, 5.74) is 3.59. The maximum atomic E-state index is 6.02. The van der Waals surface area contributed by atoms with Gasteiger partial charge in [-0.25, -0.2) is 9.98 Å². The lowest BCUT2D eigenvalue weighted by molar-refractivity contribution is 0.491. The molecule has 0 fully saturated rings. The van der Waals surface area contributed by atoms with Crippen molar-refractivity contribution in [2.75, 3.05) is 14.1 Å². The summed E-state index contributed by atoms with van der Waals surface area (Å²) in [4.78, 5) is 10.7. The van der Waals surface area contributed by atoms with Crippen LogP contribution in [0.2, 0.25) is 5.02 Å². The van der Waals surface area contributed by atoms with Crippen LogP contribution in [0.1, 0.15) is 26.3 Å². The van der Waals surface area contributed by atoms with Gasteiger partial charge in [-0.05, 0) is 26.8 Å². The van der Waals surface area contributed by atoms with E-state index in [0.717, 1.165) is 17.8 Å². The average Bonchev–Trinajstić information content (AvgIpc) is 2.28. The van der Waals surface area contributed by atoms with Crippen molar-refractivity contribution in [3.8, 4) is 0 Å². The number of rotatable bonds is 4. The number of hydrogen-bond donors (Lipinski definition) is 0. The molecular formula is C14H20ClN3. The minimum Gasteiger partial charge on any atom is -0.381 e. The Morgan fingerprint density at radius 1 is 1.44 bits per heavy atom. The minimum absolute atomic E-state index is 0.645. The van der Waals surface area contributed by atoms with Gasteiger partial charge in [0.25, 0.3) is 0 Å². The van der Waals surface area contributed by atoms with Gasteiger partial charge in [-0.15, -0.1) is 0 Å². The Morgan fingerprint density at radius 2 is 2.11 bits per heavy atom. The third kappa shape index (κ3) is 3.84. The third-order valence-corrected chi connectivity index (χ3v) is 2.84. The Kier molecular flexibility index (Phi) is 5.35. The number of pyridine rings is 1. The van der Waals surface area contributed by atoms with Crippen molar-refractivity contribution < 1.29 is 0 Å². The summed E-state index contributed by atoms with van der Waals surface area (Å²) in [5.74, 6) is 0.738. The van der Waals surface area contributed by atoms with Crippen LogP contribution in [0.5, 0.6) is 0 Å². The van der Waals surface area contributed by atoms with Gasteiger partial charge < -0.3 is 4.90 Å². The van der Waals surface area contributed by atoms with Crippen molar-refractivity contribution in [1.29, 1.82) is 0 Å². The highest BCUT2D eigenvalue weighted by Gasteiger charge is 2.09. The quantitative estimate of drug-likeness (QED) is 0.774. The number of allylic oxidation sites excluding steroid dienone is 2. The zero-order valence-electron chi connectivity index (χ0n) is 11.7. The molecule has 0 bridgehead atoms. The van der Waals surface area contributed by atoms with Crippen LogP contribution in [0.25, 0.3) is 0 Å². The van der Waals surface area contributed by atoms with Crippen LogP contribution < -0.4 is 0 Å². The van der Waals surface area contributed by atoms with E-state index in [1.165, 1.54) is 11.3 Å². The molecule has 1 aromatic heterocycles. The van der Waals surface area contributed by atoms with Crippen molar-refractivity contribution in [2.24, 2.45) is 4.99 Å². The smallest absolute Gasteiger partial charge is 0.155 e. The van der Waals surface area contributed by atoms with Crippen molar-refractivity contribution in [2.45, 2.75) is 27.2 Å². The molecule has 0 saturated heterocycles. The number of hydrogen-bond acceptors (Lipinski definition) is 3. The molecule has 98 valence electrons. The first kappa shape index (κ1) is 14.7. The van der Waals surface area contributed by atoms with Crippen molar-refractivity contribution >= 4 is 23.6 Å². The number of nitrogens with zero attached hydrogens (tertiary/aromatic N) is 3. The molecule has 0 saturated carbocycles. The molecule has 18 heavy (non-hydrogen) atoms. The van der Waals surface area contributed by atoms with Crippen molar-refractivity contribution in [3.05, 3.63) is 34.1 Å². The fourth-order valence-electron chi connectivity index (χ4n) is 1.81. The lowest BCUT2D eigenvalue weighted by atomic mass is 10.1. The molecule has 3 nitrogen and oxygen atoms in total. The standard InChI is InChI=1S/C14H20ClN3/c1-6-16-14-11(7-12(15)9-17-14)8-13(10(2)3)18(4)5/h6-7,9H,8H2,1-5H3. The van der Waals surface area contributed by atoms with Gasteiger partial charge in [0.2, 0.25) is 0 Å². The molecule has 1 aromatic rings. The summed E-state index contributed by atoms with van der Waals surface area (Å²) >= 11 is 6.02. The van der Waals surface area contributed by atoms with Crippen LogP contribution in [-0.4, -0.2) is 30.2 Å². The lowest BCUT2D eigenvalue weighted by Crippen LogP contribution is -2.15. The maximum Gasteiger partial charge on any atom is 0.155 e. The SMILES string of the molecule is CC=Nc1ncc(Cl)cc1CC(=C(C)C)N(C)C. The number of aliphatic imine (C=N–C) groups is 1. The summed E-state index contributed by atoms with van der Waals surface area (Å²) in [6, 6.07) is 1.93. The molecule has 0 aliphatic rings. The zero-order valence-corrected chi connectivity index (χ0v) is 12.4. The first-order valence-electron chi connectivity index (χ1n) is 5.92. The van der Waals surface area contributed by atoms with E-state index in [1.54, 1.807) is 12.4 Å². The van der Waals surface area contributed by atoms with E-state index in [4.69, 9.17) is 11.6 Å². The molecular weight excluding hydrogens is 246 g/mol. The van der Waals surface area contributed by atoms with Gasteiger partial charge in [0, 0.05) is 44.2 Å². The second-order valence-electron chi connectivity index (χ2n) is 4.54. The highest BCUT2D eigenvalue weighted by Crippen LogP contribution is 2.24. The van der Waals surface area contributed by atoms with Crippen molar-refractivity contribution in [3.63, 3.8) is 0 Å². The highest BCUT2D eigenvalue weighted by atomic mass is 35.5. The molecule has 4 heteroatoms. The first-order chi connectivity index (χ1) is 8.45. The number of likely N-dealkylation sites (N-methyl/N-ethyl adjacent to an activating group) is 1. The Balaban J connectivity index is 3.16. The van der Waals surface area contributed by atoms with E-state index in [0.29, 0.717) is 5.02 Å². The predicted octanol–water partition coefficient (Wildman–Crippen LogP) is 3.86. The van der Waals surface area contributed by atoms with Gasteiger partial charge in [-0.2, -0.15) is 0 Å². The summed E-state index contributed by atoms with van der Waals surface area (Å²) in [7, 11) is 4.09. The normalized spacial score (nSPS) is 10.8. The molecule has 1 heterocycles. The Labute approximate surface area is 114 Å². The Hall–Kier alpha value is -1.35. The Morgan fingerprint density at radius 3 is 2.61 bits per heavy atom. The summed E-state index contributed by atoms with van der Waals surface area (Å²) in [6.07, 6.45) is 4.17. The van der Waals surface area contributed by atoms with Gasteiger partial charge in [0.1, 0.15) is 0 Å². The summed E-state index contributed by atoms with van der Waals surface area (Å²) in [6.45, 7) is 6.10. The second-order valence-corrected chi connectivity index (χ2v) is 4.98. The van der Waals surface area contributed by atoms with E-state index < -0.39 is 0 Å². The van der Waals surface area contributed by atoms with E-state index in [9.17, 15) is 0 Å². The number of aromatic nitrogens is 1. The molecule has 0 radical (unpaired) electrons.